The van der Waals surface area contributed by atoms with Crippen LogP contribution in [-0.4, -0.2) is 185 Å². The van der Waals surface area contributed by atoms with Gasteiger partial charge >= 0.3 is 5.51 Å². The number of hydrogen-bond donors (Lipinski definition) is 5. The number of thiazole rings is 1. The zero-order valence-corrected chi connectivity index (χ0v) is 67.5. The van der Waals surface area contributed by atoms with Crippen molar-refractivity contribution in [2.75, 3.05) is 101 Å². The van der Waals surface area contributed by atoms with E-state index in [1.54, 1.807) is 23.5 Å². The Balaban J connectivity index is 0.664. The van der Waals surface area contributed by atoms with Crippen LogP contribution in [0.25, 0.3) is 16.0 Å². The van der Waals surface area contributed by atoms with Gasteiger partial charge in [0.1, 0.15) is 4.90 Å². The van der Waals surface area contributed by atoms with Gasteiger partial charge in [0.05, 0.1) is 38.8 Å². The third kappa shape index (κ3) is 23.8. The molecule has 2 amide bonds. The number of rotatable bonds is 36. The van der Waals surface area contributed by atoms with Crippen molar-refractivity contribution >= 4 is 83.3 Å². The van der Waals surface area contributed by atoms with Gasteiger partial charge in [0.25, 0.3) is 25.8 Å². The number of anilines is 2. The maximum atomic E-state index is 14.6. The summed E-state index contributed by atoms with van der Waals surface area (Å²) >= 11 is 9.33. The Morgan fingerprint density at radius 1 is 0.776 bits per heavy atom. The highest BCUT2D eigenvalue weighted by Crippen LogP contribution is 2.44. The van der Waals surface area contributed by atoms with E-state index in [0.29, 0.717) is 49.3 Å². The number of thioether (sulfide) groups is 1. The van der Waals surface area contributed by atoms with Crippen molar-refractivity contribution in [1.29, 1.82) is 0 Å². The Morgan fingerprint density at radius 3 is 2.08 bits per heavy atom. The molecule has 3 fully saturated rings. The van der Waals surface area contributed by atoms with Gasteiger partial charge in [0, 0.05) is 124 Å². The topological polar surface area (TPSA) is 200 Å². The Kier molecular flexibility index (Phi) is 30.0. The predicted octanol–water partition coefficient (Wildman–Crippen LogP) is 15.6. The SMILES string of the molecule is CCCC[C@@H](CC(NCCCCCCCCN1CCN(CCC(CSc2ccccc2)Nc2ccc(S(=O)(=O)NC(=O)c3ccc(N4CCN(CC5=C(c6ccc(Cl)cc6)CCC(C)(C)C5)CC4)cc3)cc2S(=O)(=O)C(F)(F)F)CC1)C(C)(C)C)N1C[C@H](O)C[C@H]1C(=O)NCc1ccc(-c2scnc2C)cc1. The first-order valence-electron chi connectivity index (χ1n) is 38.4. The molecule has 2 unspecified atom stereocenters. The van der Waals surface area contributed by atoms with Crippen LogP contribution in [0.3, 0.4) is 0 Å². The fourth-order valence-electron chi connectivity index (χ4n) is 15.4. The number of aliphatic hydroxyl groups excluding tert-OH is 1. The Bertz CT molecular complexity index is 4110. The van der Waals surface area contributed by atoms with E-state index in [9.17, 15) is 44.7 Å². The number of carbonyl (C=O) groups is 2. The van der Waals surface area contributed by atoms with E-state index in [0.717, 1.165) is 200 Å². The highest BCUT2D eigenvalue weighted by atomic mass is 35.5. The van der Waals surface area contributed by atoms with Gasteiger partial charge in [-0.3, -0.25) is 19.4 Å². The summed E-state index contributed by atoms with van der Waals surface area (Å²) in [6, 6.07) is 34.3. The van der Waals surface area contributed by atoms with Gasteiger partial charge in [0.2, 0.25) is 5.91 Å². The quantitative estimate of drug-likeness (QED) is 0.0184. The molecule has 6 aromatic rings. The number of alkyl halides is 3. The van der Waals surface area contributed by atoms with Crippen LogP contribution in [0.4, 0.5) is 24.5 Å². The number of hydrogen-bond acceptors (Lipinski definition) is 17. The second-order valence-electron chi connectivity index (χ2n) is 31.5. The number of aliphatic hydroxyl groups is 1. The number of nitrogens with one attached hydrogen (secondary N) is 4. The van der Waals surface area contributed by atoms with Crippen LogP contribution in [0.5, 0.6) is 0 Å². The molecular weight excluding hydrogens is 1460 g/mol. The Morgan fingerprint density at radius 2 is 1.43 bits per heavy atom. The molecule has 1 aliphatic carbocycles. The molecule has 584 valence electrons. The molecular formula is C82H112ClF3N10O7S4. The van der Waals surface area contributed by atoms with Crippen molar-refractivity contribution in [1.82, 2.24) is 39.9 Å². The minimum absolute atomic E-state index is 0.00520. The van der Waals surface area contributed by atoms with Gasteiger partial charge < -0.3 is 35.8 Å². The summed E-state index contributed by atoms with van der Waals surface area (Å²) in [5, 5.41) is 22.0. The lowest BCUT2D eigenvalue weighted by atomic mass is 9.73. The molecule has 5 N–H and O–H groups in total. The molecule has 0 spiro atoms. The molecule has 25 heteroatoms. The lowest BCUT2D eigenvalue weighted by Gasteiger charge is -2.39. The van der Waals surface area contributed by atoms with Gasteiger partial charge in [-0.05, 0) is 178 Å². The van der Waals surface area contributed by atoms with Gasteiger partial charge in [0.15, 0.2) is 0 Å². The van der Waals surface area contributed by atoms with Crippen LogP contribution in [0.15, 0.2) is 147 Å². The van der Waals surface area contributed by atoms with E-state index >= 15 is 0 Å². The number of β-amino-alcohol motifs (C(OH)–C–C–N with tert-alkyl or cyclic N) is 1. The van der Waals surface area contributed by atoms with Gasteiger partial charge in [-0.2, -0.15) is 13.2 Å². The number of likely N-dealkylation sites (tertiary alicyclic amines) is 1. The molecule has 0 saturated carbocycles. The third-order valence-electron chi connectivity index (χ3n) is 21.8. The maximum Gasteiger partial charge on any atom is 0.501 e. The van der Waals surface area contributed by atoms with Crippen molar-refractivity contribution in [3.05, 3.63) is 160 Å². The van der Waals surface area contributed by atoms with Crippen molar-refractivity contribution in [2.45, 2.75) is 202 Å². The predicted molar refractivity (Wildman–Crippen MR) is 430 cm³/mol. The van der Waals surface area contributed by atoms with Gasteiger partial charge in [-0.25, -0.2) is 26.5 Å². The fourth-order valence-corrected chi connectivity index (χ4v) is 19.3. The standard InChI is InChI=1S/C82H112ClF3N10O7S4/c1-8-9-19-68(96-56-69(97)51-74(96)79(99)88-54-60-22-24-62(25-23-60)77-59(2)89-58-105-77)50-76(80(3,4)5)87-39-17-12-10-11-13-18-40-92-42-44-93(45-43-92)41-37-66(57-104-70-20-15-14-16-21-70)90-73-35-34-71(52-75(73)106(100,101)82(84,85)86)107(102,103)91-78(98)63-28-32-67(33-29-63)95-48-46-94(47-49-95)55-64-53-81(6,7)38-36-72(64)61-26-30-65(83)31-27-61/h14-16,20-35,52,58,66,68-69,74,76,87,90,97H,8-13,17-19,36-51,53-57H2,1-7H3,(H,88,99)(H,91,98)/t66?,68-,69+,74-,76?/m0/s1. The van der Waals surface area contributed by atoms with E-state index in [4.69, 9.17) is 11.6 Å². The number of aryl methyl sites for hydroxylation is 1. The summed E-state index contributed by atoms with van der Waals surface area (Å²) in [6.07, 6.45) is 14.2. The molecule has 0 bridgehead atoms. The second-order valence-corrected chi connectivity index (χ2v) is 37.5. The minimum atomic E-state index is -6.12. The molecule has 5 atom stereocenters. The summed E-state index contributed by atoms with van der Waals surface area (Å²) in [7, 11) is -11.0. The number of halogens is 4. The monoisotopic (exact) mass is 1570 g/mol. The number of benzene rings is 5. The maximum absolute atomic E-state index is 14.6. The molecule has 3 aliphatic heterocycles. The fraction of sp³-hybridized carbons (Fsp3) is 0.549. The number of unbranched alkanes of at least 4 members (excludes halogenated alkanes) is 6. The summed E-state index contributed by atoms with van der Waals surface area (Å²) in [6.45, 7) is 26.4. The summed E-state index contributed by atoms with van der Waals surface area (Å²) in [5.74, 6) is -0.695. The molecule has 1 aromatic heterocycles. The van der Waals surface area contributed by atoms with E-state index < -0.39 is 58.9 Å². The van der Waals surface area contributed by atoms with E-state index in [1.165, 1.54) is 40.6 Å². The molecule has 0 radical (unpaired) electrons. The van der Waals surface area contributed by atoms with Crippen LogP contribution in [0.2, 0.25) is 5.02 Å². The number of aromatic nitrogens is 1. The lowest BCUT2D eigenvalue weighted by molar-refractivity contribution is -0.126. The van der Waals surface area contributed by atoms with Crippen molar-refractivity contribution in [2.24, 2.45) is 10.8 Å². The highest BCUT2D eigenvalue weighted by molar-refractivity contribution is 7.99. The highest BCUT2D eigenvalue weighted by Gasteiger charge is 2.49. The number of nitrogens with zero attached hydrogens (tertiary/aromatic N) is 6. The largest absolute Gasteiger partial charge is 0.501 e. The number of sulfone groups is 1. The first-order valence-corrected chi connectivity index (χ1v) is 43.6. The molecule has 3 saturated heterocycles. The average molecular weight is 1570 g/mol. The Labute approximate surface area is 647 Å². The number of piperazine rings is 2. The van der Waals surface area contributed by atoms with E-state index in [2.05, 4.69) is 123 Å². The van der Waals surface area contributed by atoms with E-state index in [-0.39, 0.29) is 40.4 Å². The zero-order chi connectivity index (χ0) is 76.5. The summed E-state index contributed by atoms with van der Waals surface area (Å²) < 4.78 is 101. The van der Waals surface area contributed by atoms with Crippen molar-refractivity contribution in [3.8, 4) is 10.4 Å². The molecule has 5 aromatic carbocycles. The molecule has 107 heavy (non-hydrogen) atoms. The molecule has 4 heterocycles. The summed E-state index contributed by atoms with van der Waals surface area (Å²) in [5.41, 5.74) is 3.93. The Hall–Kier alpha value is -5.90. The number of amides is 2. The lowest BCUT2D eigenvalue weighted by Crippen LogP contribution is -2.51. The van der Waals surface area contributed by atoms with Crippen LogP contribution in [0.1, 0.15) is 165 Å². The summed E-state index contributed by atoms with van der Waals surface area (Å²) in [4.78, 5) is 43.7. The molecule has 10 rings (SSSR count). The van der Waals surface area contributed by atoms with Crippen LogP contribution < -0.4 is 25.6 Å². The van der Waals surface area contributed by atoms with Crippen molar-refractivity contribution < 1.29 is 44.7 Å². The minimum Gasteiger partial charge on any atom is -0.392 e. The zero-order valence-electron chi connectivity index (χ0n) is 63.4. The molecule has 4 aliphatic rings. The van der Waals surface area contributed by atoms with Crippen LogP contribution >= 0.6 is 34.7 Å². The molecule has 17 nitrogen and oxygen atoms in total. The number of allylic oxidation sites excluding steroid dienone is 1. The smallest absolute Gasteiger partial charge is 0.392 e. The third-order valence-corrected chi connectivity index (χ3v) is 27.1. The van der Waals surface area contributed by atoms with Crippen LogP contribution in [0, 0.1) is 17.8 Å². The van der Waals surface area contributed by atoms with Gasteiger partial charge in [-0.15, -0.1) is 23.1 Å². The van der Waals surface area contributed by atoms with Crippen LogP contribution in [-0.2, 0) is 31.2 Å². The van der Waals surface area contributed by atoms with Crippen molar-refractivity contribution in [3.63, 3.8) is 0 Å². The van der Waals surface area contributed by atoms with Gasteiger partial charge in [-0.1, -0.05) is 152 Å². The first-order chi connectivity index (χ1) is 51.0. The number of sulfonamides is 1. The van der Waals surface area contributed by atoms with E-state index in [1.807, 2.05) is 59.6 Å². The number of carbonyl (C=O) groups excluding carboxylic acids is 2. The normalized spacial score (nSPS) is 19.0. The average Bonchev–Trinajstić information content (AvgIpc) is 1.20. The second kappa shape index (κ2) is 38.4. The first kappa shape index (κ1) is 83.6.